The summed E-state index contributed by atoms with van der Waals surface area (Å²) in [5, 5.41) is 2.98. The highest BCUT2D eigenvalue weighted by Gasteiger charge is 2.09. The second kappa shape index (κ2) is 9.38. The Bertz CT molecular complexity index is 446. The van der Waals surface area contributed by atoms with Crippen molar-refractivity contribution in [3.8, 4) is 5.75 Å². The lowest BCUT2D eigenvalue weighted by molar-refractivity contribution is -0.121. The lowest BCUT2D eigenvalue weighted by atomic mass is 10.0. The van der Waals surface area contributed by atoms with Crippen molar-refractivity contribution in [1.29, 1.82) is 0 Å². The number of aryl methyl sites for hydroxylation is 1. The molecule has 5 heteroatoms. The molecule has 1 aromatic carbocycles. The Morgan fingerprint density at radius 1 is 1.14 bits per heavy atom. The third kappa shape index (κ3) is 7.96. The zero-order chi connectivity index (χ0) is 16.5. The van der Waals surface area contributed by atoms with Gasteiger partial charge in [-0.3, -0.25) is 4.79 Å². The number of amides is 1. The number of hydrogen-bond acceptors (Lipinski definition) is 2. The number of nitrogens with one attached hydrogen (secondary N) is 1. The Labute approximate surface area is 131 Å². The minimum atomic E-state index is -2.82. The average Bonchev–Trinajstić information content (AvgIpc) is 2.44. The van der Waals surface area contributed by atoms with E-state index in [0.717, 1.165) is 18.4 Å². The van der Waals surface area contributed by atoms with Gasteiger partial charge in [0.25, 0.3) is 0 Å². The third-order valence-corrected chi connectivity index (χ3v) is 3.37. The fourth-order valence-electron chi connectivity index (χ4n) is 2.10. The maximum atomic E-state index is 12.0. The SMILES string of the molecule is CC(C)CCC(C)NC(=O)CCc1ccc(OC(F)F)cc1. The van der Waals surface area contributed by atoms with Gasteiger partial charge >= 0.3 is 6.61 Å². The van der Waals surface area contributed by atoms with Crippen LogP contribution in [0.2, 0.25) is 0 Å². The number of carbonyl (C=O) groups is 1. The summed E-state index contributed by atoms with van der Waals surface area (Å²) >= 11 is 0. The van der Waals surface area contributed by atoms with Crippen LogP contribution in [0.1, 0.15) is 45.6 Å². The first kappa shape index (κ1) is 18.4. The van der Waals surface area contributed by atoms with Gasteiger partial charge in [-0.1, -0.05) is 26.0 Å². The number of halogens is 2. The van der Waals surface area contributed by atoms with Gasteiger partial charge in [0, 0.05) is 12.5 Å². The van der Waals surface area contributed by atoms with Crippen LogP contribution in [0.4, 0.5) is 8.78 Å². The van der Waals surface area contributed by atoms with Gasteiger partial charge in [-0.25, -0.2) is 0 Å². The van der Waals surface area contributed by atoms with Crippen LogP contribution in [0.3, 0.4) is 0 Å². The first-order valence-electron chi connectivity index (χ1n) is 7.70. The van der Waals surface area contributed by atoms with Gasteiger partial charge in [0.2, 0.25) is 5.91 Å². The maximum absolute atomic E-state index is 12.0. The van der Waals surface area contributed by atoms with E-state index in [1.54, 1.807) is 12.1 Å². The Kier molecular flexibility index (Phi) is 7.85. The summed E-state index contributed by atoms with van der Waals surface area (Å²) in [5.41, 5.74) is 0.923. The van der Waals surface area contributed by atoms with Gasteiger partial charge in [0.1, 0.15) is 5.75 Å². The molecular formula is C17H25F2NO2. The van der Waals surface area contributed by atoms with E-state index in [4.69, 9.17) is 0 Å². The van der Waals surface area contributed by atoms with E-state index in [2.05, 4.69) is 23.9 Å². The van der Waals surface area contributed by atoms with Crippen LogP contribution in [-0.2, 0) is 11.2 Å². The molecule has 0 radical (unpaired) electrons. The predicted octanol–water partition coefficient (Wildman–Crippen LogP) is 4.16. The predicted molar refractivity (Wildman–Crippen MR) is 83.1 cm³/mol. The molecule has 3 nitrogen and oxygen atoms in total. The summed E-state index contributed by atoms with van der Waals surface area (Å²) in [4.78, 5) is 11.8. The summed E-state index contributed by atoms with van der Waals surface area (Å²) in [6, 6.07) is 6.56. The van der Waals surface area contributed by atoms with Gasteiger partial charge < -0.3 is 10.1 Å². The molecule has 0 aromatic heterocycles. The Balaban J connectivity index is 2.31. The van der Waals surface area contributed by atoms with E-state index >= 15 is 0 Å². The lowest BCUT2D eigenvalue weighted by Crippen LogP contribution is -2.32. The Morgan fingerprint density at radius 2 is 1.77 bits per heavy atom. The van der Waals surface area contributed by atoms with Crippen molar-refractivity contribution < 1.29 is 18.3 Å². The Hall–Kier alpha value is -1.65. The van der Waals surface area contributed by atoms with Gasteiger partial charge in [0.15, 0.2) is 0 Å². The fraction of sp³-hybridized carbons (Fsp3) is 0.588. The minimum absolute atomic E-state index is 0.0177. The van der Waals surface area contributed by atoms with Crippen LogP contribution in [0.5, 0.6) is 5.75 Å². The quantitative estimate of drug-likeness (QED) is 0.743. The summed E-state index contributed by atoms with van der Waals surface area (Å²) in [6.45, 7) is 3.52. The molecule has 0 spiro atoms. The molecule has 0 saturated heterocycles. The average molecular weight is 313 g/mol. The van der Waals surface area contributed by atoms with Crippen LogP contribution in [-0.4, -0.2) is 18.6 Å². The minimum Gasteiger partial charge on any atom is -0.435 e. The van der Waals surface area contributed by atoms with Crippen LogP contribution < -0.4 is 10.1 Å². The van der Waals surface area contributed by atoms with Crippen LogP contribution in [0.25, 0.3) is 0 Å². The second-order valence-corrected chi connectivity index (χ2v) is 5.96. The molecule has 0 aliphatic carbocycles. The second-order valence-electron chi connectivity index (χ2n) is 5.96. The topological polar surface area (TPSA) is 38.3 Å². The molecule has 0 aliphatic rings. The van der Waals surface area contributed by atoms with Gasteiger partial charge in [-0.2, -0.15) is 8.78 Å². The zero-order valence-corrected chi connectivity index (χ0v) is 13.4. The molecule has 0 bridgehead atoms. The fourth-order valence-corrected chi connectivity index (χ4v) is 2.10. The largest absolute Gasteiger partial charge is 0.435 e. The zero-order valence-electron chi connectivity index (χ0n) is 13.4. The highest BCUT2D eigenvalue weighted by atomic mass is 19.3. The maximum Gasteiger partial charge on any atom is 0.387 e. The molecule has 22 heavy (non-hydrogen) atoms. The normalized spacial score (nSPS) is 12.5. The highest BCUT2D eigenvalue weighted by molar-refractivity contribution is 5.76. The van der Waals surface area contributed by atoms with Crippen molar-refractivity contribution in [2.75, 3.05) is 0 Å². The summed E-state index contributed by atoms with van der Waals surface area (Å²) in [7, 11) is 0. The number of carbonyl (C=O) groups excluding carboxylic acids is 1. The number of rotatable bonds is 9. The molecule has 0 fully saturated rings. The van der Waals surface area contributed by atoms with Crippen molar-refractivity contribution in [2.24, 2.45) is 5.92 Å². The lowest BCUT2D eigenvalue weighted by Gasteiger charge is -2.15. The molecule has 124 valence electrons. The number of ether oxygens (including phenoxy) is 1. The monoisotopic (exact) mass is 313 g/mol. The highest BCUT2D eigenvalue weighted by Crippen LogP contribution is 2.15. The van der Waals surface area contributed by atoms with Crippen molar-refractivity contribution >= 4 is 5.91 Å². The van der Waals surface area contributed by atoms with Crippen molar-refractivity contribution in [1.82, 2.24) is 5.32 Å². The van der Waals surface area contributed by atoms with E-state index in [-0.39, 0.29) is 17.7 Å². The first-order valence-corrected chi connectivity index (χ1v) is 7.70. The van der Waals surface area contributed by atoms with Crippen LogP contribution in [0, 0.1) is 5.92 Å². The van der Waals surface area contributed by atoms with E-state index in [0.29, 0.717) is 18.8 Å². The van der Waals surface area contributed by atoms with E-state index in [9.17, 15) is 13.6 Å². The summed E-state index contributed by atoms with van der Waals surface area (Å²) in [6.07, 6.45) is 3.04. The van der Waals surface area contributed by atoms with E-state index in [1.807, 2.05) is 6.92 Å². The van der Waals surface area contributed by atoms with Crippen LogP contribution >= 0.6 is 0 Å². The molecule has 1 rings (SSSR count). The van der Waals surface area contributed by atoms with Crippen molar-refractivity contribution in [3.63, 3.8) is 0 Å². The van der Waals surface area contributed by atoms with Gasteiger partial charge in [-0.15, -0.1) is 0 Å². The molecule has 1 unspecified atom stereocenters. The summed E-state index contributed by atoms with van der Waals surface area (Å²) in [5.74, 6) is 0.781. The standard InChI is InChI=1S/C17H25F2NO2/c1-12(2)4-5-13(3)20-16(21)11-8-14-6-9-15(10-7-14)22-17(18)19/h6-7,9-10,12-13,17H,4-5,8,11H2,1-3H3,(H,20,21). The van der Waals surface area contributed by atoms with Gasteiger partial charge in [0.05, 0.1) is 0 Å². The smallest absolute Gasteiger partial charge is 0.387 e. The van der Waals surface area contributed by atoms with Crippen molar-refractivity contribution in [3.05, 3.63) is 29.8 Å². The van der Waals surface area contributed by atoms with Gasteiger partial charge in [-0.05, 0) is 49.8 Å². The molecule has 0 saturated carbocycles. The molecule has 0 aliphatic heterocycles. The van der Waals surface area contributed by atoms with E-state index < -0.39 is 6.61 Å². The first-order chi connectivity index (χ1) is 10.4. The molecule has 1 atom stereocenters. The third-order valence-electron chi connectivity index (χ3n) is 3.37. The summed E-state index contributed by atoms with van der Waals surface area (Å²) < 4.78 is 28.3. The number of benzene rings is 1. The molecule has 0 heterocycles. The number of hydrogen-bond donors (Lipinski definition) is 1. The number of alkyl halides is 2. The molecule has 1 aromatic rings. The van der Waals surface area contributed by atoms with Crippen molar-refractivity contribution in [2.45, 2.75) is 59.1 Å². The molecular weight excluding hydrogens is 288 g/mol. The molecule has 1 amide bonds. The Morgan fingerprint density at radius 3 is 2.32 bits per heavy atom. The van der Waals surface area contributed by atoms with Crippen LogP contribution in [0.15, 0.2) is 24.3 Å². The van der Waals surface area contributed by atoms with E-state index in [1.165, 1.54) is 12.1 Å². The molecule has 1 N–H and O–H groups in total.